The fourth-order valence-electron chi connectivity index (χ4n) is 4.27. The molecule has 10 heteroatoms. The summed E-state index contributed by atoms with van der Waals surface area (Å²) in [4.78, 5) is 36.2. The van der Waals surface area contributed by atoms with Crippen molar-refractivity contribution in [3.8, 4) is 6.07 Å². The second-order valence-corrected chi connectivity index (χ2v) is 9.74. The van der Waals surface area contributed by atoms with Gasteiger partial charge in [-0.15, -0.1) is 11.3 Å². The number of carbonyl (C=O) groups excluding carboxylic acids is 2. The minimum absolute atomic E-state index is 0.0457. The van der Waals surface area contributed by atoms with Crippen LogP contribution in [0.3, 0.4) is 0 Å². The van der Waals surface area contributed by atoms with Gasteiger partial charge in [-0.25, -0.2) is 4.39 Å². The fraction of sp³-hybridized carbons (Fsp3) is 0.417. The van der Waals surface area contributed by atoms with Gasteiger partial charge < -0.3 is 15.5 Å². The van der Waals surface area contributed by atoms with Gasteiger partial charge in [0.15, 0.2) is 0 Å². The lowest BCUT2D eigenvalue weighted by Gasteiger charge is -2.35. The van der Waals surface area contributed by atoms with Crippen molar-refractivity contribution >= 4 is 35.6 Å². The van der Waals surface area contributed by atoms with Crippen molar-refractivity contribution in [1.29, 1.82) is 5.26 Å². The molecule has 1 aromatic heterocycles. The van der Waals surface area contributed by atoms with Crippen LogP contribution in [0.25, 0.3) is 0 Å². The first-order chi connectivity index (χ1) is 16.4. The second kappa shape index (κ2) is 10.4. The third kappa shape index (κ3) is 5.17. The van der Waals surface area contributed by atoms with Crippen molar-refractivity contribution in [2.75, 3.05) is 32.8 Å². The van der Waals surface area contributed by atoms with Crippen molar-refractivity contribution in [3.05, 3.63) is 51.2 Å². The predicted molar refractivity (Wildman–Crippen MR) is 129 cm³/mol. The van der Waals surface area contributed by atoms with Gasteiger partial charge in [-0.05, 0) is 43.8 Å². The van der Waals surface area contributed by atoms with Crippen LogP contribution in [0.2, 0.25) is 0 Å². The molecule has 8 nitrogen and oxygen atoms in total. The molecule has 0 unspecified atom stereocenters. The zero-order valence-corrected chi connectivity index (χ0v) is 19.6. The standard InChI is InChI=1S/C24H27FN6O2S/c1-28-20-9-21(23(32)30-12-18(25)13-30)34-22(20)24(33)31(15-29-8-4-7-19(27)14-29)11-17-6-3-2-5-16(17)10-26/h2-3,5-6,9,18-19H,1,4,7-8,11-15,27H2/t19-/m1/s1. The van der Waals surface area contributed by atoms with Gasteiger partial charge in [-0.2, -0.15) is 5.26 Å². The number of piperidine rings is 1. The van der Waals surface area contributed by atoms with Gasteiger partial charge in [0.05, 0.1) is 42.0 Å². The molecule has 2 fully saturated rings. The van der Waals surface area contributed by atoms with E-state index in [1.165, 1.54) is 11.0 Å². The summed E-state index contributed by atoms with van der Waals surface area (Å²) >= 11 is 1.04. The predicted octanol–water partition coefficient (Wildman–Crippen LogP) is 2.77. The maximum Gasteiger partial charge on any atom is 0.267 e. The molecule has 2 N–H and O–H groups in total. The van der Waals surface area contributed by atoms with E-state index in [2.05, 4.69) is 22.7 Å². The minimum Gasteiger partial charge on any atom is -0.332 e. The van der Waals surface area contributed by atoms with E-state index in [-0.39, 0.29) is 37.5 Å². The van der Waals surface area contributed by atoms with Crippen LogP contribution in [0.15, 0.2) is 35.3 Å². The van der Waals surface area contributed by atoms with Crippen LogP contribution in [-0.4, -0.2) is 78.3 Å². The molecule has 2 aliphatic rings. The van der Waals surface area contributed by atoms with Gasteiger partial charge in [0, 0.05) is 19.1 Å². The molecule has 2 amide bonds. The Hall–Kier alpha value is -3.13. The number of thiophene rings is 1. The lowest BCUT2D eigenvalue weighted by atomic mass is 10.1. The molecule has 1 atom stereocenters. The number of benzene rings is 1. The lowest BCUT2D eigenvalue weighted by Crippen LogP contribution is -2.51. The summed E-state index contributed by atoms with van der Waals surface area (Å²) in [5.41, 5.74) is 7.70. The summed E-state index contributed by atoms with van der Waals surface area (Å²) in [6.45, 7) is 5.73. The summed E-state index contributed by atoms with van der Waals surface area (Å²) in [6.07, 6.45) is 0.882. The third-order valence-electron chi connectivity index (χ3n) is 6.11. The van der Waals surface area contributed by atoms with Gasteiger partial charge in [0.1, 0.15) is 11.0 Å². The average molecular weight is 483 g/mol. The van der Waals surface area contributed by atoms with E-state index in [1.54, 1.807) is 17.0 Å². The van der Waals surface area contributed by atoms with Gasteiger partial charge in [-0.1, -0.05) is 18.2 Å². The van der Waals surface area contributed by atoms with Crippen molar-refractivity contribution < 1.29 is 14.0 Å². The first kappa shape index (κ1) is 24.0. The normalized spacial score (nSPS) is 18.7. The number of halogens is 1. The van der Waals surface area contributed by atoms with E-state index < -0.39 is 6.17 Å². The van der Waals surface area contributed by atoms with E-state index in [0.717, 1.165) is 36.3 Å². The number of hydrogen-bond acceptors (Lipinski definition) is 7. The van der Waals surface area contributed by atoms with Crippen molar-refractivity contribution in [2.45, 2.75) is 31.6 Å². The average Bonchev–Trinajstić information content (AvgIpc) is 3.25. The fourth-order valence-corrected chi connectivity index (χ4v) is 5.32. The third-order valence-corrected chi connectivity index (χ3v) is 7.21. The highest BCUT2D eigenvalue weighted by molar-refractivity contribution is 7.16. The SMILES string of the molecule is C=Nc1cc(C(=O)N2CC(F)C2)sc1C(=O)N(Cc1ccccc1C#N)CN1CCC[C@@H](N)C1. The molecule has 2 aliphatic heterocycles. The highest BCUT2D eigenvalue weighted by Crippen LogP contribution is 2.33. The largest absolute Gasteiger partial charge is 0.332 e. The highest BCUT2D eigenvalue weighted by atomic mass is 32.1. The Bertz CT molecular complexity index is 1120. The number of alkyl halides is 1. The molecule has 1 aromatic carbocycles. The first-order valence-electron chi connectivity index (χ1n) is 11.2. The number of aliphatic imine (C=N–C) groups is 1. The number of hydrogen-bond donors (Lipinski definition) is 1. The summed E-state index contributed by atoms with van der Waals surface area (Å²) in [7, 11) is 0. The molecule has 3 heterocycles. The molecule has 34 heavy (non-hydrogen) atoms. The minimum atomic E-state index is -1.01. The molecular formula is C24H27FN6O2S. The van der Waals surface area contributed by atoms with E-state index >= 15 is 0 Å². The Morgan fingerprint density at radius 1 is 1.32 bits per heavy atom. The monoisotopic (exact) mass is 482 g/mol. The smallest absolute Gasteiger partial charge is 0.267 e. The Kier molecular flexibility index (Phi) is 7.36. The molecular weight excluding hydrogens is 455 g/mol. The molecule has 0 spiro atoms. The zero-order valence-electron chi connectivity index (χ0n) is 18.8. The van der Waals surface area contributed by atoms with Crippen LogP contribution in [0.4, 0.5) is 10.1 Å². The molecule has 0 radical (unpaired) electrons. The Morgan fingerprint density at radius 3 is 2.76 bits per heavy atom. The van der Waals surface area contributed by atoms with E-state index in [4.69, 9.17) is 5.73 Å². The maximum absolute atomic E-state index is 13.7. The zero-order chi connectivity index (χ0) is 24.2. The van der Waals surface area contributed by atoms with Crippen LogP contribution in [0, 0.1) is 11.3 Å². The molecule has 0 bridgehead atoms. The van der Waals surface area contributed by atoms with Crippen LogP contribution < -0.4 is 5.73 Å². The summed E-state index contributed by atoms with van der Waals surface area (Å²) < 4.78 is 13.2. The summed E-state index contributed by atoms with van der Waals surface area (Å²) in [5, 5.41) is 9.52. The Balaban J connectivity index is 1.62. The highest BCUT2D eigenvalue weighted by Gasteiger charge is 2.33. The lowest BCUT2D eigenvalue weighted by molar-refractivity contribution is 0.0405. The number of likely N-dealkylation sites (tertiary alicyclic amines) is 2. The number of amides is 2. The van der Waals surface area contributed by atoms with Gasteiger partial charge in [0.2, 0.25) is 0 Å². The molecule has 4 rings (SSSR count). The number of nitrogens with two attached hydrogens (primary N) is 1. The number of carbonyl (C=O) groups is 2. The van der Waals surface area contributed by atoms with E-state index in [0.29, 0.717) is 34.2 Å². The molecule has 2 aromatic rings. The summed E-state index contributed by atoms with van der Waals surface area (Å²) in [5.74, 6) is -0.614. The first-order valence-corrected chi connectivity index (χ1v) is 12.0. The Labute approximate surface area is 202 Å². The van der Waals surface area contributed by atoms with E-state index in [9.17, 15) is 19.2 Å². The van der Waals surface area contributed by atoms with Crippen molar-refractivity contribution in [3.63, 3.8) is 0 Å². The maximum atomic E-state index is 13.7. The van der Waals surface area contributed by atoms with E-state index in [1.807, 2.05) is 12.1 Å². The Morgan fingerprint density at radius 2 is 2.09 bits per heavy atom. The van der Waals surface area contributed by atoms with Crippen LogP contribution in [0.5, 0.6) is 0 Å². The number of nitrogens with zero attached hydrogens (tertiary/aromatic N) is 5. The second-order valence-electron chi connectivity index (χ2n) is 8.68. The van der Waals surface area contributed by atoms with Gasteiger partial charge in [0.25, 0.3) is 11.8 Å². The molecule has 0 saturated carbocycles. The van der Waals surface area contributed by atoms with Crippen LogP contribution in [-0.2, 0) is 6.54 Å². The van der Waals surface area contributed by atoms with Crippen molar-refractivity contribution in [2.24, 2.45) is 10.7 Å². The van der Waals surface area contributed by atoms with Gasteiger partial charge >= 0.3 is 0 Å². The van der Waals surface area contributed by atoms with Crippen LogP contribution >= 0.6 is 11.3 Å². The van der Waals surface area contributed by atoms with Crippen molar-refractivity contribution in [1.82, 2.24) is 14.7 Å². The topological polar surface area (TPSA) is 106 Å². The molecule has 178 valence electrons. The number of nitriles is 1. The summed E-state index contributed by atoms with van der Waals surface area (Å²) in [6, 6.07) is 10.9. The van der Waals surface area contributed by atoms with Gasteiger partial charge in [-0.3, -0.25) is 19.5 Å². The quantitative estimate of drug-likeness (QED) is 0.611. The number of rotatable bonds is 7. The molecule has 2 saturated heterocycles. The van der Waals surface area contributed by atoms with Crippen LogP contribution in [0.1, 0.15) is 43.3 Å². The molecule has 0 aliphatic carbocycles.